The Bertz CT molecular complexity index is 826. The number of amides is 1. The van der Waals surface area contributed by atoms with E-state index in [2.05, 4.69) is 10.5 Å². The summed E-state index contributed by atoms with van der Waals surface area (Å²) in [5.74, 6) is 1.29. The molecule has 0 saturated carbocycles. The van der Waals surface area contributed by atoms with Gasteiger partial charge in [0.15, 0.2) is 11.5 Å². The van der Waals surface area contributed by atoms with Gasteiger partial charge in [-0.25, -0.2) is 0 Å². The number of nitrogens with zero attached hydrogens (tertiary/aromatic N) is 1. The van der Waals surface area contributed by atoms with Gasteiger partial charge in [0.25, 0.3) is 5.91 Å². The van der Waals surface area contributed by atoms with Gasteiger partial charge in [-0.1, -0.05) is 16.8 Å². The van der Waals surface area contributed by atoms with Crippen LogP contribution in [0.1, 0.15) is 12.5 Å². The molecule has 27 heavy (non-hydrogen) atoms. The summed E-state index contributed by atoms with van der Waals surface area (Å²) >= 11 is 5.95. The summed E-state index contributed by atoms with van der Waals surface area (Å²) < 4.78 is 15.6. The smallest absolute Gasteiger partial charge is 0.268 e. The maximum Gasteiger partial charge on any atom is 0.268 e. The zero-order chi connectivity index (χ0) is 19.8. The molecule has 0 aromatic heterocycles. The number of benzene rings is 2. The van der Waals surface area contributed by atoms with Crippen LogP contribution in [0.25, 0.3) is 0 Å². The van der Waals surface area contributed by atoms with Crippen molar-refractivity contribution in [3.8, 4) is 17.2 Å². The second-order valence-electron chi connectivity index (χ2n) is 5.43. The van der Waals surface area contributed by atoms with Crippen molar-refractivity contribution in [1.82, 2.24) is 0 Å². The highest BCUT2D eigenvalue weighted by molar-refractivity contribution is 6.31. The minimum atomic E-state index is -0.829. The second kappa shape index (κ2) is 9.68. The molecule has 0 heterocycles. The number of nitrogens with one attached hydrogen (secondary N) is 1. The third-order valence-corrected chi connectivity index (χ3v) is 3.85. The molecule has 2 aromatic rings. The molecular formula is C19H21ClN2O5. The lowest BCUT2D eigenvalue weighted by molar-refractivity contribution is -0.126. The van der Waals surface area contributed by atoms with Crippen molar-refractivity contribution in [3.05, 3.63) is 47.0 Å². The van der Waals surface area contributed by atoms with Crippen LogP contribution in [0.2, 0.25) is 5.02 Å². The van der Waals surface area contributed by atoms with Gasteiger partial charge in [-0.15, -0.1) is 0 Å². The van der Waals surface area contributed by atoms with Gasteiger partial charge >= 0.3 is 0 Å². The Morgan fingerprint density at radius 2 is 1.70 bits per heavy atom. The van der Waals surface area contributed by atoms with Crippen LogP contribution in [0, 0.1) is 0 Å². The van der Waals surface area contributed by atoms with Crippen molar-refractivity contribution in [3.63, 3.8) is 0 Å². The Morgan fingerprint density at radius 3 is 2.37 bits per heavy atom. The molecule has 7 nitrogen and oxygen atoms in total. The average Bonchev–Trinajstić information content (AvgIpc) is 2.67. The number of halogens is 1. The molecule has 144 valence electrons. The third kappa shape index (κ3) is 5.52. The minimum Gasteiger partial charge on any atom is -0.495 e. The fourth-order valence-electron chi connectivity index (χ4n) is 2.18. The lowest BCUT2D eigenvalue weighted by atomic mass is 10.2. The second-order valence-corrected chi connectivity index (χ2v) is 5.87. The summed E-state index contributed by atoms with van der Waals surface area (Å²) in [6, 6.07) is 10.2. The fourth-order valence-corrected chi connectivity index (χ4v) is 2.35. The SMILES string of the molecule is COc1ccc(Cl)cc1NC(=O)[C@@H](C)O/N=C\c1ccc(OC)c(OC)c1. The third-order valence-electron chi connectivity index (χ3n) is 3.62. The predicted molar refractivity (Wildman–Crippen MR) is 104 cm³/mol. The Kier molecular flexibility index (Phi) is 7.31. The van der Waals surface area contributed by atoms with Crippen molar-refractivity contribution >= 4 is 29.4 Å². The topological polar surface area (TPSA) is 78.4 Å². The number of oxime groups is 1. The standard InChI is InChI=1S/C19H21ClN2O5/c1-12(19(23)22-15-10-14(20)6-8-16(15)24-2)27-21-11-13-5-7-17(25-3)18(9-13)26-4/h5-12H,1-4H3,(H,22,23)/b21-11-/t12-/m1/s1. The van der Waals surface area contributed by atoms with Gasteiger partial charge in [0.1, 0.15) is 5.75 Å². The Balaban J connectivity index is 1.99. The minimum absolute atomic E-state index is 0.389. The summed E-state index contributed by atoms with van der Waals surface area (Å²) in [5.41, 5.74) is 1.19. The van der Waals surface area contributed by atoms with Crippen LogP contribution < -0.4 is 19.5 Å². The lowest BCUT2D eigenvalue weighted by Gasteiger charge is -2.13. The first-order chi connectivity index (χ1) is 13.0. The van der Waals surface area contributed by atoms with Crippen molar-refractivity contribution < 1.29 is 23.8 Å². The summed E-state index contributed by atoms with van der Waals surface area (Å²) in [7, 11) is 4.61. The zero-order valence-electron chi connectivity index (χ0n) is 15.5. The van der Waals surface area contributed by atoms with E-state index in [-0.39, 0.29) is 5.91 Å². The summed E-state index contributed by atoms with van der Waals surface area (Å²) in [6.45, 7) is 1.58. The first kappa shape index (κ1) is 20.4. The van der Waals surface area contributed by atoms with Gasteiger partial charge in [-0.3, -0.25) is 4.79 Å². The molecule has 0 aliphatic rings. The molecule has 0 aliphatic heterocycles. The van der Waals surface area contributed by atoms with Crippen LogP contribution in [0.3, 0.4) is 0 Å². The maximum absolute atomic E-state index is 12.3. The Morgan fingerprint density at radius 1 is 1.04 bits per heavy atom. The monoisotopic (exact) mass is 392 g/mol. The van der Waals surface area contributed by atoms with Crippen LogP contribution in [-0.2, 0) is 9.63 Å². The molecule has 0 saturated heterocycles. The van der Waals surface area contributed by atoms with Crippen molar-refractivity contribution in [2.24, 2.45) is 5.16 Å². The van der Waals surface area contributed by atoms with Gasteiger partial charge < -0.3 is 24.4 Å². The Labute approximate surface area is 162 Å². The Hall–Kier alpha value is -2.93. The highest BCUT2D eigenvalue weighted by Crippen LogP contribution is 2.28. The highest BCUT2D eigenvalue weighted by Gasteiger charge is 2.16. The van der Waals surface area contributed by atoms with E-state index in [1.807, 2.05) is 0 Å². The van der Waals surface area contributed by atoms with E-state index in [1.54, 1.807) is 57.5 Å². The van der Waals surface area contributed by atoms with E-state index in [0.717, 1.165) is 5.56 Å². The molecule has 1 atom stereocenters. The molecule has 0 spiro atoms. The lowest BCUT2D eigenvalue weighted by Crippen LogP contribution is -2.26. The number of hydrogen-bond donors (Lipinski definition) is 1. The van der Waals surface area contributed by atoms with Gasteiger partial charge in [0.05, 0.1) is 33.2 Å². The number of ether oxygens (including phenoxy) is 3. The summed E-state index contributed by atoms with van der Waals surface area (Å²) in [6.07, 6.45) is 0.649. The number of hydrogen-bond acceptors (Lipinski definition) is 6. The van der Waals surface area contributed by atoms with E-state index in [0.29, 0.717) is 28.0 Å². The molecule has 8 heteroatoms. The van der Waals surface area contributed by atoms with Crippen LogP contribution in [0.15, 0.2) is 41.6 Å². The zero-order valence-corrected chi connectivity index (χ0v) is 16.2. The van der Waals surface area contributed by atoms with Gasteiger partial charge in [-0.05, 0) is 43.3 Å². The summed E-state index contributed by atoms with van der Waals surface area (Å²) in [4.78, 5) is 17.5. The largest absolute Gasteiger partial charge is 0.495 e. The van der Waals surface area contributed by atoms with Gasteiger partial charge in [0.2, 0.25) is 6.10 Å². The normalized spacial score (nSPS) is 11.7. The average molecular weight is 393 g/mol. The van der Waals surface area contributed by atoms with E-state index < -0.39 is 6.10 Å². The van der Waals surface area contributed by atoms with Gasteiger partial charge in [0, 0.05) is 10.6 Å². The number of carbonyl (C=O) groups is 1. The van der Waals surface area contributed by atoms with Crippen LogP contribution in [0.5, 0.6) is 17.2 Å². The maximum atomic E-state index is 12.3. The quantitative estimate of drug-likeness (QED) is 0.547. The molecule has 0 bridgehead atoms. The molecule has 0 fully saturated rings. The fraction of sp³-hybridized carbons (Fsp3) is 0.263. The highest BCUT2D eigenvalue weighted by atomic mass is 35.5. The molecular weight excluding hydrogens is 372 g/mol. The number of rotatable bonds is 8. The van der Waals surface area contributed by atoms with E-state index >= 15 is 0 Å². The number of anilines is 1. The van der Waals surface area contributed by atoms with Crippen molar-refractivity contribution in [2.75, 3.05) is 26.6 Å². The van der Waals surface area contributed by atoms with Crippen molar-refractivity contribution in [2.45, 2.75) is 13.0 Å². The van der Waals surface area contributed by atoms with E-state index in [4.69, 9.17) is 30.6 Å². The van der Waals surface area contributed by atoms with Crippen LogP contribution in [0.4, 0.5) is 5.69 Å². The van der Waals surface area contributed by atoms with Crippen molar-refractivity contribution in [1.29, 1.82) is 0 Å². The van der Waals surface area contributed by atoms with E-state index in [9.17, 15) is 4.79 Å². The molecule has 1 N–H and O–H groups in total. The molecule has 0 unspecified atom stereocenters. The van der Waals surface area contributed by atoms with Crippen LogP contribution >= 0.6 is 11.6 Å². The summed E-state index contributed by atoms with van der Waals surface area (Å²) in [5, 5.41) is 7.03. The molecule has 1 amide bonds. The number of carbonyl (C=O) groups excluding carboxylic acids is 1. The van der Waals surface area contributed by atoms with Gasteiger partial charge in [-0.2, -0.15) is 0 Å². The van der Waals surface area contributed by atoms with E-state index in [1.165, 1.54) is 13.3 Å². The van der Waals surface area contributed by atoms with Crippen LogP contribution in [-0.4, -0.2) is 39.6 Å². The molecule has 0 radical (unpaired) electrons. The first-order valence-electron chi connectivity index (χ1n) is 8.04. The molecule has 0 aliphatic carbocycles. The first-order valence-corrected chi connectivity index (χ1v) is 8.42. The molecule has 2 rings (SSSR count). The molecule has 2 aromatic carbocycles. The predicted octanol–water partition coefficient (Wildman–Crippen LogP) is 3.74. The number of methoxy groups -OCH3 is 3.